The number of rotatable bonds is 1. The van der Waals surface area contributed by atoms with E-state index in [2.05, 4.69) is 21.6 Å². The van der Waals surface area contributed by atoms with Crippen LogP contribution in [-0.4, -0.2) is 29.8 Å². The first-order chi connectivity index (χ1) is 7.20. The number of aromatic nitrogens is 1. The summed E-state index contributed by atoms with van der Waals surface area (Å²) in [5, 5.41) is 8.51. The third-order valence-corrected chi connectivity index (χ3v) is 1.68. The fourth-order valence-corrected chi connectivity index (χ4v) is 0.984. The zero-order chi connectivity index (χ0) is 11.3. The molecule has 0 radical (unpaired) electrons. The van der Waals surface area contributed by atoms with Gasteiger partial charge in [-0.15, -0.1) is 0 Å². The van der Waals surface area contributed by atoms with Crippen LogP contribution >= 0.6 is 0 Å². The number of nitrogen functional groups attached to an aromatic ring is 1. The Kier molecular flexibility index (Phi) is 3.66. The summed E-state index contributed by atoms with van der Waals surface area (Å²) in [6.45, 7) is -0.288. The van der Waals surface area contributed by atoms with Crippen LogP contribution in [0.15, 0.2) is 12.3 Å². The molecule has 0 spiro atoms. The molecule has 1 heterocycles. The lowest BCUT2D eigenvalue weighted by molar-refractivity contribution is 0.0602. The average Bonchev–Trinajstić information content (AvgIpc) is 2.27. The van der Waals surface area contributed by atoms with Crippen LogP contribution in [0.5, 0.6) is 0 Å². The van der Waals surface area contributed by atoms with E-state index in [4.69, 9.17) is 10.8 Å². The van der Waals surface area contributed by atoms with E-state index in [-0.39, 0.29) is 23.6 Å². The van der Waals surface area contributed by atoms with Gasteiger partial charge in [0.05, 0.1) is 18.4 Å². The van der Waals surface area contributed by atoms with Gasteiger partial charge >= 0.3 is 5.97 Å². The topological polar surface area (TPSA) is 85.4 Å². The van der Waals surface area contributed by atoms with Crippen LogP contribution in [0.2, 0.25) is 0 Å². The van der Waals surface area contributed by atoms with Crippen LogP contribution in [-0.2, 0) is 4.74 Å². The van der Waals surface area contributed by atoms with Crippen molar-refractivity contribution in [2.24, 2.45) is 0 Å². The molecule has 1 aromatic rings. The number of hydrogen-bond donors (Lipinski definition) is 2. The molecule has 0 saturated heterocycles. The van der Waals surface area contributed by atoms with Crippen LogP contribution in [0.1, 0.15) is 16.1 Å². The largest absolute Gasteiger partial charge is 0.465 e. The van der Waals surface area contributed by atoms with Crippen LogP contribution < -0.4 is 5.73 Å². The van der Waals surface area contributed by atoms with Gasteiger partial charge < -0.3 is 15.6 Å². The van der Waals surface area contributed by atoms with Crippen molar-refractivity contribution in [2.45, 2.75) is 0 Å². The Hall–Kier alpha value is -2.06. The van der Waals surface area contributed by atoms with Crippen molar-refractivity contribution in [2.75, 3.05) is 19.5 Å². The zero-order valence-corrected chi connectivity index (χ0v) is 8.15. The van der Waals surface area contributed by atoms with E-state index in [0.717, 1.165) is 0 Å². The maximum atomic E-state index is 11.2. The number of methoxy groups -OCH3 is 1. The molecule has 0 aliphatic heterocycles. The highest BCUT2D eigenvalue weighted by atomic mass is 16.5. The van der Waals surface area contributed by atoms with Crippen molar-refractivity contribution in [3.8, 4) is 11.8 Å². The SMILES string of the molecule is COC(=O)c1ccnc(C#CCO)c1N. The van der Waals surface area contributed by atoms with Crippen molar-refractivity contribution < 1.29 is 14.6 Å². The number of carbonyl (C=O) groups is 1. The van der Waals surface area contributed by atoms with Crippen LogP contribution in [0.3, 0.4) is 0 Å². The Bertz CT molecular complexity index is 432. The van der Waals surface area contributed by atoms with Crippen molar-refractivity contribution >= 4 is 11.7 Å². The predicted molar refractivity (Wildman–Crippen MR) is 54.0 cm³/mol. The summed E-state index contributed by atoms with van der Waals surface area (Å²) in [7, 11) is 1.27. The number of ether oxygens (including phenoxy) is 1. The van der Waals surface area contributed by atoms with Crippen molar-refractivity contribution in [3.63, 3.8) is 0 Å². The molecule has 1 rings (SSSR count). The molecule has 0 unspecified atom stereocenters. The van der Waals surface area contributed by atoms with E-state index in [9.17, 15) is 4.79 Å². The lowest BCUT2D eigenvalue weighted by atomic mass is 10.2. The minimum absolute atomic E-state index is 0.158. The van der Waals surface area contributed by atoms with Gasteiger partial charge in [-0.3, -0.25) is 0 Å². The fourth-order valence-electron chi connectivity index (χ4n) is 0.984. The number of aliphatic hydroxyl groups excluding tert-OH is 1. The van der Waals surface area contributed by atoms with E-state index in [1.807, 2.05) is 0 Å². The first-order valence-electron chi connectivity index (χ1n) is 4.13. The molecule has 0 fully saturated rings. The summed E-state index contributed by atoms with van der Waals surface area (Å²) in [6.07, 6.45) is 1.41. The van der Waals surface area contributed by atoms with Crippen LogP contribution in [0, 0.1) is 11.8 Å². The predicted octanol–water partition coefficient (Wildman–Crippen LogP) is -0.206. The Morgan fingerprint density at radius 2 is 2.47 bits per heavy atom. The van der Waals surface area contributed by atoms with Crippen molar-refractivity contribution in [1.82, 2.24) is 4.98 Å². The third kappa shape index (κ3) is 2.45. The molecule has 0 aliphatic rings. The molecular weight excluding hydrogens is 196 g/mol. The molecule has 5 heteroatoms. The van der Waals surface area contributed by atoms with Gasteiger partial charge in [0.15, 0.2) is 0 Å². The van der Waals surface area contributed by atoms with Gasteiger partial charge in [0, 0.05) is 6.20 Å². The summed E-state index contributed by atoms with van der Waals surface area (Å²) >= 11 is 0. The second kappa shape index (κ2) is 4.98. The zero-order valence-electron chi connectivity index (χ0n) is 8.15. The van der Waals surface area contributed by atoms with E-state index in [1.54, 1.807) is 0 Å². The smallest absolute Gasteiger partial charge is 0.340 e. The molecule has 0 amide bonds. The molecular formula is C10H10N2O3. The molecule has 3 N–H and O–H groups in total. The van der Waals surface area contributed by atoms with Crippen LogP contribution in [0.25, 0.3) is 0 Å². The molecule has 1 aromatic heterocycles. The molecule has 0 aromatic carbocycles. The van der Waals surface area contributed by atoms with Gasteiger partial charge in [-0.2, -0.15) is 0 Å². The number of pyridine rings is 1. The monoisotopic (exact) mass is 206 g/mol. The van der Waals surface area contributed by atoms with E-state index in [0.29, 0.717) is 0 Å². The Labute approximate surface area is 86.9 Å². The minimum Gasteiger partial charge on any atom is -0.465 e. The highest BCUT2D eigenvalue weighted by Gasteiger charge is 2.12. The summed E-state index contributed by atoms with van der Waals surface area (Å²) in [5.74, 6) is 4.40. The first-order valence-corrected chi connectivity index (χ1v) is 4.13. The van der Waals surface area contributed by atoms with Gasteiger partial charge in [0.2, 0.25) is 0 Å². The van der Waals surface area contributed by atoms with Crippen LogP contribution in [0.4, 0.5) is 5.69 Å². The number of anilines is 1. The van der Waals surface area contributed by atoms with Gasteiger partial charge in [0.25, 0.3) is 0 Å². The summed E-state index contributed by atoms with van der Waals surface area (Å²) < 4.78 is 4.53. The average molecular weight is 206 g/mol. The molecule has 78 valence electrons. The highest BCUT2D eigenvalue weighted by Crippen LogP contribution is 2.14. The third-order valence-electron chi connectivity index (χ3n) is 1.68. The second-order valence-electron chi connectivity index (χ2n) is 2.57. The minimum atomic E-state index is -0.540. The number of carbonyl (C=O) groups excluding carboxylic acids is 1. The van der Waals surface area contributed by atoms with E-state index < -0.39 is 5.97 Å². The molecule has 0 bridgehead atoms. The summed E-state index contributed by atoms with van der Waals surface area (Å²) in [6, 6.07) is 1.45. The summed E-state index contributed by atoms with van der Waals surface area (Å²) in [5.41, 5.74) is 6.28. The lowest BCUT2D eigenvalue weighted by Crippen LogP contribution is -2.08. The number of nitrogens with zero attached hydrogens (tertiary/aromatic N) is 1. The van der Waals surface area contributed by atoms with E-state index in [1.165, 1.54) is 19.4 Å². The van der Waals surface area contributed by atoms with Gasteiger partial charge in [-0.05, 0) is 12.0 Å². The van der Waals surface area contributed by atoms with Gasteiger partial charge in [-0.1, -0.05) is 5.92 Å². The second-order valence-corrected chi connectivity index (χ2v) is 2.57. The van der Waals surface area contributed by atoms with Crippen molar-refractivity contribution in [3.05, 3.63) is 23.5 Å². The number of esters is 1. The highest BCUT2D eigenvalue weighted by molar-refractivity contribution is 5.95. The Morgan fingerprint density at radius 3 is 3.07 bits per heavy atom. The summed E-state index contributed by atoms with van der Waals surface area (Å²) in [4.78, 5) is 15.1. The fraction of sp³-hybridized carbons (Fsp3) is 0.200. The lowest BCUT2D eigenvalue weighted by Gasteiger charge is -2.03. The normalized spacial score (nSPS) is 8.93. The standard InChI is InChI=1S/C10H10N2O3/c1-15-10(14)7-4-5-12-8(9(7)11)3-2-6-13/h4-5,13H,6,11H2,1H3. The number of hydrogen-bond acceptors (Lipinski definition) is 5. The Balaban J connectivity index is 3.17. The molecule has 0 saturated carbocycles. The maximum absolute atomic E-state index is 11.2. The van der Waals surface area contributed by atoms with Crippen molar-refractivity contribution in [1.29, 1.82) is 0 Å². The van der Waals surface area contributed by atoms with E-state index >= 15 is 0 Å². The molecule has 15 heavy (non-hydrogen) atoms. The number of aliphatic hydroxyl groups is 1. The van der Waals surface area contributed by atoms with Gasteiger partial charge in [-0.25, -0.2) is 9.78 Å². The number of nitrogens with two attached hydrogens (primary N) is 1. The Morgan fingerprint density at radius 1 is 1.73 bits per heavy atom. The van der Waals surface area contributed by atoms with Gasteiger partial charge in [0.1, 0.15) is 12.3 Å². The molecule has 0 aliphatic carbocycles. The first kappa shape index (κ1) is 11.0. The molecule has 0 atom stereocenters. The molecule has 5 nitrogen and oxygen atoms in total. The maximum Gasteiger partial charge on any atom is 0.340 e. The quantitative estimate of drug-likeness (QED) is 0.490.